The summed E-state index contributed by atoms with van der Waals surface area (Å²) in [4.78, 5) is 9.35. The number of hydrogen-bond acceptors (Lipinski definition) is 2. The fourth-order valence-electron chi connectivity index (χ4n) is 3.68. The number of benzene rings is 1. The van der Waals surface area contributed by atoms with E-state index in [-0.39, 0.29) is 0 Å². The van der Waals surface area contributed by atoms with Gasteiger partial charge in [0.2, 0.25) is 0 Å². The van der Waals surface area contributed by atoms with Gasteiger partial charge in [0.25, 0.3) is 0 Å². The molecule has 0 N–H and O–H groups in total. The van der Waals surface area contributed by atoms with Crippen molar-refractivity contribution in [3.05, 3.63) is 48.0 Å². The minimum absolute atomic E-state index is 0.568. The topological polar surface area (TPSA) is 25.8 Å². The van der Waals surface area contributed by atoms with Gasteiger partial charge in [-0.1, -0.05) is 51.0 Å². The second kappa shape index (κ2) is 7.72. The van der Waals surface area contributed by atoms with E-state index < -0.39 is 0 Å². The number of hydrogen-bond donors (Lipinski definition) is 0. The van der Waals surface area contributed by atoms with E-state index in [1.807, 2.05) is 12.4 Å². The summed E-state index contributed by atoms with van der Waals surface area (Å²) in [5.74, 6) is 2.54. The Hall–Kier alpha value is -1.70. The van der Waals surface area contributed by atoms with Gasteiger partial charge in [0.05, 0.1) is 0 Å². The van der Waals surface area contributed by atoms with Crippen molar-refractivity contribution in [3.8, 4) is 11.1 Å². The average Bonchev–Trinajstić information content (AvgIpc) is 2.63. The molecule has 1 fully saturated rings. The van der Waals surface area contributed by atoms with Crippen molar-refractivity contribution in [1.82, 2.24) is 9.97 Å². The molecule has 0 atom stereocenters. The van der Waals surface area contributed by atoms with Crippen LogP contribution in [0.15, 0.2) is 36.7 Å². The van der Waals surface area contributed by atoms with Crippen LogP contribution in [0, 0.1) is 5.92 Å². The van der Waals surface area contributed by atoms with Gasteiger partial charge in [0.15, 0.2) is 0 Å². The molecule has 1 heterocycles. The zero-order valence-corrected chi connectivity index (χ0v) is 14.5. The molecule has 1 aliphatic carbocycles. The Kier molecular flexibility index (Phi) is 5.43. The van der Waals surface area contributed by atoms with E-state index in [1.54, 1.807) is 0 Å². The van der Waals surface area contributed by atoms with Crippen molar-refractivity contribution in [2.45, 2.75) is 64.7 Å². The molecule has 2 heteroatoms. The zero-order chi connectivity index (χ0) is 16.1. The molecule has 0 radical (unpaired) electrons. The molecule has 1 saturated carbocycles. The first-order valence-corrected chi connectivity index (χ1v) is 9.21. The first-order valence-electron chi connectivity index (χ1n) is 9.21. The molecule has 23 heavy (non-hydrogen) atoms. The molecule has 1 aliphatic rings. The van der Waals surface area contributed by atoms with Crippen LogP contribution in [0.5, 0.6) is 0 Å². The highest BCUT2D eigenvalue weighted by atomic mass is 14.9. The highest BCUT2D eigenvalue weighted by molar-refractivity contribution is 5.61. The highest BCUT2D eigenvalue weighted by Gasteiger charge is 2.23. The molecule has 0 aliphatic heterocycles. The third-order valence-electron chi connectivity index (χ3n) is 5.29. The molecule has 1 aromatic carbocycles. The number of nitrogens with zero attached hydrogens (tertiary/aromatic N) is 2. The SMILES string of the molecule is CCCc1ccc(-c2cnc(C3CCC(CC)CC3)nc2)cc1. The van der Waals surface area contributed by atoms with Crippen LogP contribution >= 0.6 is 0 Å². The molecule has 2 nitrogen and oxygen atoms in total. The minimum atomic E-state index is 0.568. The van der Waals surface area contributed by atoms with E-state index >= 15 is 0 Å². The summed E-state index contributed by atoms with van der Waals surface area (Å²) in [6.07, 6.45) is 12.9. The minimum Gasteiger partial charge on any atom is -0.240 e. The lowest BCUT2D eigenvalue weighted by Crippen LogP contribution is -2.14. The largest absolute Gasteiger partial charge is 0.240 e. The van der Waals surface area contributed by atoms with Crippen molar-refractivity contribution < 1.29 is 0 Å². The second-order valence-corrected chi connectivity index (χ2v) is 6.90. The van der Waals surface area contributed by atoms with Crippen LogP contribution in [0.1, 0.15) is 69.7 Å². The molecular formula is C21H28N2. The Balaban J connectivity index is 1.67. The van der Waals surface area contributed by atoms with E-state index in [1.165, 1.54) is 49.7 Å². The monoisotopic (exact) mass is 308 g/mol. The van der Waals surface area contributed by atoms with Gasteiger partial charge in [0.1, 0.15) is 5.82 Å². The second-order valence-electron chi connectivity index (χ2n) is 6.90. The Labute approximate surface area is 140 Å². The molecule has 0 unspecified atom stereocenters. The lowest BCUT2D eigenvalue weighted by molar-refractivity contribution is 0.312. The van der Waals surface area contributed by atoms with Gasteiger partial charge >= 0.3 is 0 Å². The normalized spacial score (nSPS) is 21.3. The van der Waals surface area contributed by atoms with Gasteiger partial charge in [-0.25, -0.2) is 9.97 Å². The van der Waals surface area contributed by atoms with E-state index in [2.05, 4.69) is 48.1 Å². The molecule has 122 valence electrons. The van der Waals surface area contributed by atoms with Crippen molar-refractivity contribution >= 4 is 0 Å². The first-order chi connectivity index (χ1) is 11.3. The highest BCUT2D eigenvalue weighted by Crippen LogP contribution is 2.35. The van der Waals surface area contributed by atoms with Gasteiger partial charge in [-0.3, -0.25) is 0 Å². The van der Waals surface area contributed by atoms with Gasteiger partial charge in [-0.2, -0.15) is 0 Å². The van der Waals surface area contributed by atoms with Crippen LogP contribution in [0.3, 0.4) is 0 Å². The molecule has 0 bridgehead atoms. The Bertz CT molecular complexity index is 593. The molecule has 0 amide bonds. The van der Waals surface area contributed by atoms with Crippen LogP contribution in [0.4, 0.5) is 0 Å². The van der Waals surface area contributed by atoms with Gasteiger partial charge in [-0.15, -0.1) is 0 Å². The van der Waals surface area contributed by atoms with Gasteiger partial charge in [-0.05, 0) is 49.1 Å². The quantitative estimate of drug-likeness (QED) is 0.699. The van der Waals surface area contributed by atoms with Gasteiger partial charge in [0, 0.05) is 23.9 Å². The Morgan fingerprint density at radius 2 is 1.52 bits per heavy atom. The molecular weight excluding hydrogens is 280 g/mol. The maximum absolute atomic E-state index is 4.68. The standard InChI is InChI=1S/C21H28N2/c1-3-5-17-8-10-18(11-9-17)20-14-22-21(23-15-20)19-12-6-16(4-2)7-13-19/h8-11,14-16,19H,3-7,12-13H2,1-2H3. The average molecular weight is 308 g/mol. The summed E-state index contributed by atoms with van der Waals surface area (Å²) in [5, 5.41) is 0. The summed E-state index contributed by atoms with van der Waals surface area (Å²) in [6.45, 7) is 4.52. The summed E-state index contributed by atoms with van der Waals surface area (Å²) >= 11 is 0. The van der Waals surface area contributed by atoms with Crippen LogP contribution in [0.25, 0.3) is 11.1 Å². The van der Waals surface area contributed by atoms with Crippen LogP contribution in [0.2, 0.25) is 0 Å². The molecule has 1 aromatic heterocycles. The predicted octanol–water partition coefficient (Wildman–Crippen LogP) is 5.78. The fourth-order valence-corrected chi connectivity index (χ4v) is 3.68. The van der Waals surface area contributed by atoms with Crippen molar-refractivity contribution in [3.63, 3.8) is 0 Å². The van der Waals surface area contributed by atoms with Crippen LogP contribution < -0.4 is 0 Å². The van der Waals surface area contributed by atoms with E-state index in [0.29, 0.717) is 5.92 Å². The lowest BCUT2D eigenvalue weighted by atomic mass is 9.80. The van der Waals surface area contributed by atoms with E-state index in [4.69, 9.17) is 0 Å². The predicted molar refractivity (Wildman–Crippen MR) is 96.5 cm³/mol. The smallest absolute Gasteiger partial charge is 0.131 e. The first kappa shape index (κ1) is 16.2. The molecule has 2 aromatic rings. The van der Waals surface area contributed by atoms with Crippen molar-refractivity contribution in [2.24, 2.45) is 5.92 Å². The van der Waals surface area contributed by atoms with E-state index in [9.17, 15) is 0 Å². The van der Waals surface area contributed by atoms with Gasteiger partial charge < -0.3 is 0 Å². The number of aryl methyl sites for hydroxylation is 1. The van der Waals surface area contributed by atoms with Crippen molar-refractivity contribution in [1.29, 1.82) is 0 Å². The van der Waals surface area contributed by atoms with Crippen LogP contribution in [-0.2, 0) is 6.42 Å². The molecule has 3 rings (SSSR count). The maximum atomic E-state index is 4.68. The lowest BCUT2D eigenvalue weighted by Gasteiger charge is -2.26. The maximum Gasteiger partial charge on any atom is 0.131 e. The number of aromatic nitrogens is 2. The summed E-state index contributed by atoms with van der Waals surface area (Å²) in [7, 11) is 0. The third-order valence-corrected chi connectivity index (χ3v) is 5.29. The Morgan fingerprint density at radius 1 is 0.870 bits per heavy atom. The third kappa shape index (κ3) is 3.99. The van der Waals surface area contributed by atoms with E-state index in [0.717, 1.165) is 23.7 Å². The fraction of sp³-hybridized carbons (Fsp3) is 0.524. The van der Waals surface area contributed by atoms with Crippen LogP contribution in [-0.4, -0.2) is 9.97 Å². The summed E-state index contributed by atoms with van der Waals surface area (Å²) in [6, 6.07) is 8.82. The van der Waals surface area contributed by atoms with Crippen molar-refractivity contribution in [2.75, 3.05) is 0 Å². The summed E-state index contributed by atoms with van der Waals surface area (Å²) in [5.41, 5.74) is 3.74. The number of rotatable bonds is 5. The molecule has 0 saturated heterocycles. The Morgan fingerprint density at radius 3 is 2.09 bits per heavy atom. The summed E-state index contributed by atoms with van der Waals surface area (Å²) < 4.78 is 0. The zero-order valence-electron chi connectivity index (χ0n) is 14.5. The molecule has 0 spiro atoms.